The Kier molecular flexibility index (Phi) is 5.62. The number of hydrogen-bond acceptors (Lipinski definition) is 4. The van der Waals surface area contributed by atoms with E-state index in [4.69, 9.17) is 10.00 Å². The van der Waals surface area contributed by atoms with Crippen LogP contribution in [0.4, 0.5) is 13.2 Å². The molecule has 0 radical (unpaired) electrons. The SMILES string of the molecule is N#CCCN(C1CCOCC1)S(=O)(=O)c1cc(F)c(F)cc1F. The van der Waals surface area contributed by atoms with Gasteiger partial charge in [0, 0.05) is 38.3 Å². The highest BCUT2D eigenvalue weighted by Crippen LogP contribution is 2.27. The van der Waals surface area contributed by atoms with E-state index in [1.165, 1.54) is 0 Å². The third kappa shape index (κ3) is 3.83. The Morgan fingerprint density at radius 2 is 1.78 bits per heavy atom. The van der Waals surface area contributed by atoms with Gasteiger partial charge in [-0.1, -0.05) is 0 Å². The van der Waals surface area contributed by atoms with E-state index in [-0.39, 0.29) is 19.0 Å². The number of hydrogen-bond donors (Lipinski definition) is 0. The second kappa shape index (κ2) is 7.29. The molecule has 5 nitrogen and oxygen atoms in total. The minimum absolute atomic E-state index is 0.0954. The summed E-state index contributed by atoms with van der Waals surface area (Å²) in [5.74, 6) is -4.27. The minimum atomic E-state index is -4.40. The Bertz CT molecular complexity index is 713. The van der Waals surface area contributed by atoms with Crippen LogP contribution >= 0.6 is 0 Å². The van der Waals surface area contributed by atoms with Crippen molar-refractivity contribution in [2.75, 3.05) is 19.8 Å². The second-order valence-corrected chi connectivity index (χ2v) is 6.92. The summed E-state index contributed by atoms with van der Waals surface area (Å²) in [5.41, 5.74) is 0. The van der Waals surface area contributed by atoms with E-state index >= 15 is 0 Å². The van der Waals surface area contributed by atoms with E-state index in [0.717, 1.165) is 4.31 Å². The highest BCUT2D eigenvalue weighted by Gasteiger charge is 2.34. The zero-order valence-corrected chi connectivity index (χ0v) is 13.0. The molecule has 0 N–H and O–H groups in total. The molecule has 23 heavy (non-hydrogen) atoms. The summed E-state index contributed by atoms with van der Waals surface area (Å²) in [6.45, 7) is 0.523. The van der Waals surface area contributed by atoms with Crippen LogP contribution in [-0.2, 0) is 14.8 Å². The fourth-order valence-corrected chi connectivity index (χ4v) is 4.21. The Labute approximate surface area is 132 Å². The normalized spacial score (nSPS) is 16.5. The van der Waals surface area contributed by atoms with Crippen molar-refractivity contribution in [3.63, 3.8) is 0 Å². The van der Waals surface area contributed by atoms with Crippen molar-refractivity contribution >= 4 is 10.0 Å². The average molecular weight is 348 g/mol. The zero-order chi connectivity index (χ0) is 17.0. The molecule has 126 valence electrons. The largest absolute Gasteiger partial charge is 0.381 e. The standard InChI is InChI=1S/C14H15F3N2O3S/c15-11-8-13(17)14(9-12(11)16)23(20,21)19(5-1-4-18)10-2-6-22-7-3-10/h8-10H,1-3,5-7H2. The van der Waals surface area contributed by atoms with Gasteiger partial charge in [0.15, 0.2) is 11.6 Å². The summed E-state index contributed by atoms with van der Waals surface area (Å²) < 4.78 is 71.7. The first-order valence-electron chi connectivity index (χ1n) is 6.99. The first-order valence-corrected chi connectivity index (χ1v) is 8.43. The van der Waals surface area contributed by atoms with E-state index in [9.17, 15) is 21.6 Å². The van der Waals surface area contributed by atoms with Gasteiger partial charge in [0.05, 0.1) is 6.07 Å². The van der Waals surface area contributed by atoms with Crippen LogP contribution in [0.2, 0.25) is 0 Å². The molecule has 1 saturated heterocycles. The monoisotopic (exact) mass is 348 g/mol. The first-order chi connectivity index (χ1) is 10.9. The van der Waals surface area contributed by atoms with Gasteiger partial charge in [-0.3, -0.25) is 0 Å². The number of ether oxygens (including phenoxy) is 1. The van der Waals surface area contributed by atoms with Gasteiger partial charge < -0.3 is 4.74 Å². The van der Waals surface area contributed by atoms with Crippen LogP contribution in [0.25, 0.3) is 0 Å². The molecule has 0 saturated carbocycles. The summed E-state index contributed by atoms with van der Waals surface area (Å²) in [7, 11) is -4.40. The number of benzene rings is 1. The third-order valence-corrected chi connectivity index (χ3v) is 5.57. The van der Waals surface area contributed by atoms with Crippen LogP contribution < -0.4 is 0 Å². The maximum Gasteiger partial charge on any atom is 0.246 e. The zero-order valence-electron chi connectivity index (χ0n) is 12.1. The molecule has 0 amide bonds. The van der Waals surface area contributed by atoms with Crippen LogP contribution in [0, 0.1) is 28.8 Å². The summed E-state index contributed by atoms with van der Waals surface area (Å²) in [6.07, 6.45) is 0.674. The van der Waals surface area contributed by atoms with Gasteiger partial charge in [0.2, 0.25) is 10.0 Å². The van der Waals surface area contributed by atoms with Gasteiger partial charge in [-0.05, 0) is 18.9 Å². The van der Waals surface area contributed by atoms with Gasteiger partial charge in [0.1, 0.15) is 10.7 Å². The lowest BCUT2D eigenvalue weighted by Gasteiger charge is -2.33. The van der Waals surface area contributed by atoms with E-state index in [1.807, 2.05) is 6.07 Å². The highest BCUT2D eigenvalue weighted by molar-refractivity contribution is 7.89. The van der Waals surface area contributed by atoms with Crippen molar-refractivity contribution in [2.24, 2.45) is 0 Å². The number of rotatable bonds is 5. The van der Waals surface area contributed by atoms with Crippen molar-refractivity contribution in [1.82, 2.24) is 4.31 Å². The molecule has 0 aromatic heterocycles. The molecule has 0 unspecified atom stereocenters. The van der Waals surface area contributed by atoms with Gasteiger partial charge in [0.25, 0.3) is 0 Å². The van der Waals surface area contributed by atoms with Gasteiger partial charge in [-0.15, -0.1) is 0 Å². The first kappa shape index (κ1) is 17.7. The predicted molar refractivity (Wildman–Crippen MR) is 74.3 cm³/mol. The summed E-state index contributed by atoms with van der Waals surface area (Å²) in [4.78, 5) is -0.930. The molecule has 0 bridgehead atoms. The van der Waals surface area contributed by atoms with Gasteiger partial charge >= 0.3 is 0 Å². The lowest BCUT2D eigenvalue weighted by Crippen LogP contribution is -2.44. The number of halogens is 3. The highest BCUT2D eigenvalue weighted by atomic mass is 32.2. The van der Waals surface area contributed by atoms with Crippen molar-refractivity contribution in [2.45, 2.75) is 30.2 Å². The maximum atomic E-state index is 13.9. The summed E-state index contributed by atoms with van der Waals surface area (Å²) in [6, 6.07) is 1.89. The smallest absolute Gasteiger partial charge is 0.246 e. The number of sulfonamides is 1. The third-order valence-electron chi connectivity index (χ3n) is 3.60. The van der Waals surface area contributed by atoms with Crippen LogP contribution in [0.3, 0.4) is 0 Å². The van der Waals surface area contributed by atoms with Crippen molar-refractivity contribution < 1.29 is 26.3 Å². The Morgan fingerprint density at radius 3 is 2.39 bits per heavy atom. The van der Waals surface area contributed by atoms with Crippen molar-refractivity contribution in [1.29, 1.82) is 5.26 Å². The quantitative estimate of drug-likeness (QED) is 0.765. The van der Waals surface area contributed by atoms with E-state index in [1.54, 1.807) is 0 Å². The molecule has 1 fully saturated rings. The van der Waals surface area contributed by atoms with E-state index < -0.39 is 38.4 Å². The maximum absolute atomic E-state index is 13.9. The molecule has 1 aromatic rings. The molecular formula is C14H15F3N2O3S. The van der Waals surface area contributed by atoms with Gasteiger partial charge in [-0.2, -0.15) is 9.57 Å². The fourth-order valence-electron chi connectivity index (χ4n) is 2.46. The summed E-state index contributed by atoms with van der Waals surface area (Å²) >= 11 is 0. The van der Waals surface area contributed by atoms with Crippen molar-refractivity contribution in [3.8, 4) is 6.07 Å². The molecule has 2 rings (SSSR count). The number of nitrogens with zero attached hydrogens (tertiary/aromatic N) is 2. The van der Waals surface area contributed by atoms with Gasteiger partial charge in [-0.25, -0.2) is 21.6 Å². The summed E-state index contributed by atoms with van der Waals surface area (Å²) in [5, 5.41) is 8.71. The van der Waals surface area contributed by atoms with Crippen LogP contribution in [0.1, 0.15) is 19.3 Å². The van der Waals surface area contributed by atoms with Crippen molar-refractivity contribution in [3.05, 3.63) is 29.6 Å². The molecule has 0 atom stereocenters. The second-order valence-electron chi connectivity index (χ2n) is 5.06. The van der Waals surface area contributed by atoms with Crippen LogP contribution in [-0.4, -0.2) is 38.5 Å². The molecule has 0 spiro atoms. The molecule has 1 aliphatic rings. The Morgan fingerprint density at radius 1 is 1.17 bits per heavy atom. The predicted octanol–water partition coefficient (Wildman–Crippen LogP) is 2.19. The number of nitriles is 1. The Balaban J connectivity index is 2.43. The van der Waals surface area contributed by atoms with Crippen LogP contribution in [0.5, 0.6) is 0 Å². The van der Waals surface area contributed by atoms with E-state index in [2.05, 4.69) is 0 Å². The lowest BCUT2D eigenvalue weighted by molar-refractivity contribution is 0.0588. The fraction of sp³-hybridized carbons (Fsp3) is 0.500. The molecule has 9 heteroatoms. The van der Waals surface area contributed by atoms with E-state index in [0.29, 0.717) is 32.1 Å². The van der Waals surface area contributed by atoms with Crippen LogP contribution in [0.15, 0.2) is 17.0 Å². The molecule has 1 aliphatic heterocycles. The average Bonchev–Trinajstić information content (AvgIpc) is 2.52. The molecule has 1 heterocycles. The Hall–Kier alpha value is -1.63. The molecular weight excluding hydrogens is 333 g/mol. The molecule has 0 aliphatic carbocycles. The lowest BCUT2D eigenvalue weighted by atomic mass is 10.1. The molecule has 1 aromatic carbocycles. The topological polar surface area (TPSA) is 70.4 Å². The minimum Gasteiger partial charge on any atom is -0.381 e.